The fourth-order valence-electron chi connectivity index (χ4n) is 9.67. The molecule has 0 bridgehead atoms. The maximum Gasteiger partial charge on any atom is 0.0885 e. The Labute approximate surface area is 197 Å². The molecule has 4 rings (SSSR count). The largest absolute Gasteiger partial charge is 0.388 e. The smallest absolute Gasteiger partial charge is 0.0885 e. The Morgan fingerprint density at radius 1 is 1.03 bits per heavy atom. The first-order valence-electron chi connectivity index (χ1n) is 13.8. The highest BCUT2D eigenvalue weighted by Crippen LogP contribution is 2.70. The number of fused-ring (bicyclic) bond motifs is 5. The molecule has 1 N–H and O–H groups in total. The maximum absolute atomic E-state index is 12.0. The minimum Gasteiger partial charge on any atom is -0.388 e. The van der Waals surface area contributed by atoms with E-state index < -0.39 is 5.60 Å². The summed E-state index contributed by atoms with van der Waals surface area (Å²) in [5.74, 6) is 4.09. The van der Waals surface area contributed by atoms with Crippen LogP contribution in [0.1, 0.15) is 105 Å². The Kier molecular flexibility index (Phi) is 6.81. The Hall–Kier alpha value is -0.590. The number of nitrogens with zero attached hydrogens (tertiary/aromatic N) is 1. The predicted octanol–water partition coefficient (Wildman–Crippen LogP) is 6.99. The van der Waals surface area contributed by atoms with Crippen molar-refractivity contribution in [2.75, 3.05) is 7.11 Å². The van der Waals surface area contributed by atoms with Crippen molar-refractivity contribution in [2.45, 2.75) is 117 Å². The Morgan fingerprint density at radius 3 is 2.44 bits per heavy atom. The molecular formula is C29H49NO2. The molecule has 4 saturated carbocycles. The zero-order chi connectivity index (χ0) is 23.3. The summed E-state index contributed by atoms with van der Waals surface area (Å²) in [5, 5.41) is 22.2. The lowest BCUT2D eigenvalue weighted by atomic mass is 9.41. The van der Waals surface area contributed by atoms with E-state index in [0.29, 0.717) is 23.7 Å². The van der Waals surface area contributed by atoms with Gasteiger partial charge < -0.3 is 9.84 Å². The molecular weight excluding hydrogens is 394 g/mol. The molecule has 32 heavy (non-hydrogen) atoms. The number of rotatable bonds is 6. The van der Waals surface area contributed by atoms with E-state index in [1.165, 1.54) is 44.9 Å². The van der Waals surface area contributed by atoms with Crippen molar-refractivity contribution >= 4 is 0 Å². The molecule has 0 spiro atoms. The van der Waals surface area contributed by atoms with Gasteiger partial charge in [0.1, 0.15) is 0 Å². The Balaban J connectivity index is 1.56. The van der Waals surface area contributed by atoms with Gasteiger partial charge in [-0.1, -0.05) is 53.9 Å². The molecule has 0 amide bonds. The van der Waals surface area contributed by atoms with Gasteiger partial charge in [-0.15, -0.1) is 0 Å². The molecule has 0 aromatic heterocycles. The molecule has 3 nitrogen and oxygen atoms in total. The van der Waals surface area contributed by atoms with Crippen molar-refractivity contribution < 1.29 is 9.84 Å². The van der Waals surface area contributed by atoms with Gasteiger partial charge in [0.2, 0.25) is 0 Å². The second-order valence-corrected chi connectivity index (χ2v) is 13.3. The molecule has 3 heteroatoms. The van der Waals surface area contributed by atoms with E-state index in [4.69, 9.17) is 4.74 Å². The molecule has 10 atom stereocenters. The molecule has 0 aliphatic heterocycles. The van der Waals surface area contributed by atoms with Gasteiger partial charge in [-0.25, -0.2) is 0 Å². The van der Waals surface area contributed by atoms with E-state index in [9.17, 15) is 10.4 Å². The second-order valence-electron chi connectivity index (χ2n) is 13.3. The molecule has 4 fully saturated rings. The highest BCUT2D eigenvalue weighted by molar-refractivity contribution is 5.20. The second kappa shape index (κ2) is 8.88. The Bertz CT molecular complexity index is 714. The van der Waals surface area contributed by atoms with Crippen molar-refractivity contribution in [3.8, 4) is 6.07 Å². The summed E-state index contributed by atoms with van der Waals surface area (Å²) in [6.07, 6.45) is 13.0. The topological polar surface area (TPSA) is 53.2 Å². The molecule has 0 aromatic rings. The number of hydrogen-bond donors (Lipinski definition) is 1. The summed E-state index contributed by atoms with van der Waals surface area (Å²) in [5.41, 5.74) is -0.612. The molecule has 0 radical (unpaired) electrons. The minimum absolute atomic E-state index is 0.0943. The maximum atomic E-state index is 12.0. The van der Waals surface area contributed by atoms with Crippen LogP contribution in [0.25, 0.3) is 0 Å². The average Bonchev–Trinajstić information content (AvgIpc) is 3.10. The standard InChI is InChI=1S/C29H49NO2/c1-19(2)8-7-9-20(3)24-10-11-25-23-16-21(18-30)29(31)17-22(32-6)12-15-28(29,5)26(23)13-14-27(24,25)4/h19-26,31H,7-17H2,1-6H3/t20-,21-,22+,23-,24+,25-,26-,27-,28-,29+/m1/s1. The molecule has 0 saturated heterocycles. The molecule has 4 aliphatic rings. The first-order chi connectivity index (χ1) is 15.1. The lowest BCUT2D eigenvalue weighted by Crippen LogP contribution is -2.66. The van der Waals surface area contributed by atoms with Crippen LogP contribution >= 0.6 is 0 Å². The first kappa shape index (κ1) is 24.5. The fourth-order valence-corrected chi connectivity index (χ4v) is 9.67. The third kappa shape index (κ3) is 3.67. The van der Waals surface area contributed by atoms with Gasteiger partial charge in [0.25, 0.3) is 0 Å². The van der Waals surface area contributed by atoms with Crippen LogP contribution in [-0.2, 0) is 4.74 Å². The lowest BCUT2D eigenvalue weighted by molar-refractivity contribution is -0.239. The highest BCUT2D eigenvalue weighted by Gasteiger charge is 2.67. The Morgan fingerprint density at radius 2 is 1.78 bits per heavy atom. The van der Waals surface area contributed by atoms with Crippen LogP contribution in [0.5, 0.6) is 0 Å². The summed E-state index contributed by atoms with van der Waals surface area (Å²) >= 11 is 0. The number of hydrogen-bond acceptors (Lipinski definition) is 3. The van der Waals surface area contributed by atoms with Crippen LogP contribution in [0.15, 0.2) is 0 Å². The SMILES string of the molecule is CO[C@H]1CC[C@]2(C)[C@@H]3CC[C@@]4(C)[C@H](CC[C@H]4[C@H](C)CCCC(C)C)[C@H]3C[C@H](C#N)[C@@]2(O)C1. The molecule has 0 aromatic carbocycles. The van der Waals surface area contributed by atoms with Gasteiger partial charge in [0.15, 0.2) is 0 Å². The summed E-state index contributed by atoms with van der Waals surface area (Å²) in [6.45, 7) is 12.2. The predicted molar refractivity (Wildman–Crippen MR) is 130 cm³/mol. The monoisotopic (exact) mass is 443 g/mol. The summed E-state index contributed by atoms with van der Waals surface area (Å²) in [6, 6.07) is 2.61. The molecule has 4 aliphatic carbocycles. The van der Waals surface area contributed by atoms with Crippen molar-refractivity contribution in [1.82, 2.24) is 0 Å². The number of nitriles is 1. The van der Waals surface area contributed by atoms with Crippen LogP contribution in [0, 0.1) is 63.6 Å². The van der Waals surface area contributed by atoms with E-state index >= 15 is 0 Å². The minimum atomic E-state index is -0.891. The van der Waals surface area contributed by atoms with E-state index in [-0.39, 0.29) is 17.4 Å². The highest BCUT2D eigenvalue weighted by atomic mass is 16.5. The number of ether oxygens (including phenoxy) is 1. The van der Waals surface area contributed by atoms with Crippen molar-refractivity contribution in [2.24, 2.45) is 52.3 Å². The van der Waals surface area contributed by atoms with E-state index in [0.717, 1.165) is 42.9 Å². The van der Waals surface area contributed by atoms with E-state index in [1.54, 1.807) is 7.11 Å². The molecule has 0 heterocycles. The fraction of sp³-hybridized carbons (Fsp3) is 0.966. The third-order valence-corrected chi connectivity index (χ3v) is 11.5. The van der Waals surface area contributed by atoms with E-state index in [2.05, 4.69) is 40.7 Å². The van der Waals surface area contributed by atoms with Gasteiger partial charge in [-0.05, 0) is 85.9 Å². The zero-order valence-electron chi connectivity index (χ0n) is 21.7. The van der Waals surface area contributed by atoms with Gasteiger partial charge in [0.05, 0.1) is 23.7 Å². The number of aliphatic hydroxyl groups is 1. The van der Waals surface area contributed by atoms with Crippen LogP contribution in [-0.4, -0.2) is 23.9 Å². The number of methoxy groups -OCH3 is 1. The van der Waals surface area contributed by atoms with Crippen LogP contribution in [0.2, 0.25) is 0 Å². The quantitative estimate of drug-likeness (QED) is 0.481. The third-order valence-electron chi connectivity index (χ3n) is 11.5. The zero-order valence-corrected chi connectivity index (χ0v) is 21.7. The first-order valence-corrected chi connectivity index (χ1v) is 13.8. The van der Waals surface area contributed by atoms with Crippen LogP contribution in [0.4, 0.5) is 0 Å². The van der Waals surface area contributed by atoms with Gasteiger partial charge in [0, 0.05) is 18.9 Å². The van der Waals surface area contributed by atoms with Crippen LogP contribution in [0.3, 0.4) is 0 Å². The summed E-state index contributed by atoms with van der Waals surface area (Å²) < 4.78 is 5.68. The van der Waals surface area contributed by atoms with Gasteiger partial charge in [-0.2, -0.15) is 5.26 Å². The van der Waals surface area contributed by atoms with Gasteiger partial charge in [-0.3, -0.25) is 0 Å². The normalized spacial score (nSPS) is 49.1. The van der Waals surface area contributed by atoms with Crippen molar-refractivity contribution in [1.29, 1.82) is 5.26 Å². The molecule has 0 unspecified atom stereocenters. The lowest BCUT2D eigenvalue weighted by Gasteiger charge is -2.65. The van der Waals surface area contributed by atoms with Gasteiger partial charge >= 0.3 is 0 Å². The summed E-state index contributed by atoms with van der Waals surface area (Å²) in [4.78, 5) is 0. The molecule has 182 valence electrons. The summed E-state index contributed by atoms with van der Waals surface area (Å²) in [7, 11) is 1.76. The average molecular weight is 444 g/mol. The van der Waals surface area contributed by atoms with Crippen molar-refractivity contribution in [3.63, 3.8) is 0 Å². The van der Waals surface area contributed by atoms with Crippen molar-refractivity contribution in [3.05, 3.63) is 0 Å². The van der Waals surface area contributed by atoms with E-state index in [1.807, 2.05) is 0 Å². The van der Waals surface area contributed by atoms with Crippen LogP contribution < -0.4 is 0 Å².